The largest absolute Gasteiger partial charge is 0.573 e. The average Bonchev–Trinajstić information content (AvgIpc) is 2.73. The molecule has 0 spiro atoms. The maximum absolute atomic E-state index is 12.5. The normalized spacial score (nSPS) is 16.1. The van der Waals surface area contributed by atoms with E-state index in [-0.39, 0.29) is 11.7 Å². The van der Waals surface area contributed by atoms with Crippen LogP contribution in [-0.4, -0.2) is 41.3 Å². The van der Waals surface area contributed by atoms with Crippen molar-refractivity contribution in [3.05, 3.63) is 66.2 Å². The number of anilines is 1. The van der Waals surface area contributed by atoms with Gasteiger partial charge in [0.25, 0.3) is 17.3 Å². The number of carbonyl (C=O) groups is 1. The quantitative estimate of drug-likeness (QED) is 0.545. The Kier molecular flexibility index (Phi) is 7.06. The molecule has 1 saturated heterocycles. The van der Waals surface area contributed by atoms with E-state index in [1.54, 1.807) is 18.0 Å². The lowest BCUT2D eigenvalue weighted by Gasteiger charge is -2.24. The van der Waals surface area contributed by atoms with Crippen LogP contribution >= 0.6 is 0 Å². The lowest BCUT2D eigenvalue weighted by molar-refractivity contribution is -0.274. The van der Waals surface area contributed by atoms with Gasteiger partial charge in [0.15, 0.2) is 0 Å². The first kappa shape index (κ1) is 22.2. The molecule has 0 bridgehead atoms. The van der Waals surface area contributed by atoms with Crippen LogP contribution in [0, 0.1) is 0 Å². The van der Waals surface area contributed by atoms with Gasteiger partial charge >= 0.3 is 6.36 Å². The topological polar surface area (TPSA) is 53.0 Å². The molecule has 1 fully saturated rings. The summed E-state index contributed by atoms with van der Waals surface area (Å²) in [4.78, 5) is 14.6. The van der Waals surface area contributed by atoms with Gasteiger partial charge in [-0.3, -0.25) is 4.79 Å². The third-order valence-electron chi connectivity index (χ3n) is 4.68. The molecule has 0 saturated carbocycles. The Balaban J connectivity index is 1.55. The molecule has 2 aromatic rings. The predicted molar refractivity (Wildman–Crippen MR) is 110 cm³/mol. The van der Waals surface area contributed by atoms with Crippen LogP contribution in [0.25, 0.3) is 0 Å². The van der Waals surface area contributed by atoms with Crippen molar-refractivity contribution in [3.8, 4) is 5.75 Å². The zero-order chi connectivity index (χ0) is 21.7. The highest BCUT2D eigenvalue weighted by Crippen LogP contribution is 2.27. The fraction of sp³-hybridized carbons (Fsp3) is 0.286. The van der Waals surface area contributed by atoms with E-state index in [0.29, 0.717) is 30.8 Å². The first-order valence-electron chi connectivity index (χ1n) is 9.29. The highest BCUT2D eigenvalue weighted by Gasteiger charge is 2.34. The lowest BCUT2D eigenvalue weighted by atomic mass is 10.1. The Morgan fingerprint density at radius 2 is 1.70 bits per heavy atom. The molecule has 30 heavy (non-hydrogen) atoms. The molecule has 1 heterocycles. The minimum Gasteiger partial charge on any atom is -0.406 e. The van der Waals surface area contributed by atoms with E-state index in [2.05, 4.69) is 4.74 Å². The van der Waals surface area contributed by atoms with Crippen molar-refractivity contribution in [1.82, 2.24) is 4.31 Å². The second-order valence-corrected chi connectivity index (χ2v) is 8.26. The SMILES string of the molecule is CN(C(=O)C=C1CCN([S+](O)c2ccc(OC(F)(F)F)cc2)CC1)c1ccccc1. The number of ether oxygens (including phenoxy) is 1. The Morgan fingerprint density at radius 3 is 2.27 bits per heavy atom. The number of hydrogen-bond donors (Lipinski definition) is 1. The molecular formula is C21H22F3N2O3S+. The number of halogens is 3. The lowest BCUT2D eigenvalue weighted by Crippen LogP contribution is -2.36. The van der Waals surface area contributed by atoms with E-state index in [9.17, 15) is 22.5 Å². The number of amides is 1. The zero-order valence-electron chi connectivity index (χ0n) is 16.3. The van der Waals surface area contributed by atoms with Crippen LogP contribution in [0.5, 0.6) is 5.75 Å². The predicted octanol–water partition coefficient (Wildman–Crippen LogP) is 4.64. The van der Waals surface area contributed by atoms with Gasteiger partial charge in [0.1, 0.15) is 5.75 Å². The maximum atomic E-state index is 12.5. The summed E-state index contributed by atoms with van der Waals surface area (Å²) >= 11 is -1.24. The van der Waals surface area contributed by atoms with Crippen molar-refractivity contribution in [2.24, 2.45) is 0 Å². The van der Waals surface area contributed by atoms with Gasteiger partial charge in [0.05, 0.1) is 13.1 Å². The molecule has 9 heteroatoms. The first-order chi connectivity index (χ1) is 14.2. The molecule has 3 rings (SSSR count). The molecule has 1 aliphatic heterocycles. The number of carbonyl (C=O) groups excluding carboxylic acids is 1. The summed E-state index contributed by atoms with van der Waals surface area (Å²) in [7, 11) is 1.72. The van der Waals surface area contributed by atoms with E-state index < -0.39 is 17.7 Å². The van der Waals surface area contributed by atoms with E-state index in [0.717, 1.165) is 11.3 Å². The Morgan fingerprint density at radius 1 is 1.10 bits per heavy atom. The molecule has 1 N–H and O–H groups in total. The molecule has 5 nitrogen and oxygen atoms in total. The van der Waals surface area contributed by atoms with Crippen LogP contribution in [0.3, 0.4) is 0 Å². The fourth-order valence-corrected chi connectivity index (χ4v) is 4.26. The molecule has 2 aromatic carbocycles. The van der Waals surface area contributed by atoms with Crippen molar-refractivity contribution in [2.45, 2.75) is 24.1 Å². The monoisotopic (exact) mass is 439 g/mol. The second kappa shape index (κ2) is 9.55. The smallest absolute Gasteiger partial charge is 0.406 e. The fourth-order valence-electron chi connectivity index (χ4n) is 3.05. The van der Waals surface area contributed by atoms with Crippen molar-refractivity contribution in [2.75, 3.05) is 25.0 Å². The van der Waals surface area contributed by atoms with Crippen LogP contribution in [0.15, 0.2) is 71.1 Å². The average molecular weight is 439 g/mol. The Bertz CT molecular complexity index is 879. The molecule has 0 aromatic heterocycles. The molecule has 1 unspecified atom stereocenters. The molecule has 1 aliphatic rings. The molecule has 1 amide bonds. The number of alkyl halides is 3. The summed E-state index contributed by atoms with van der Waals surface area (Å²) in [5, 5.41) is 0. The molecule has 1 atom stereocenters. The molecular weight excluding hydrogens is 417 g/mol. The summed E-state index contributed by atoms with van der Waals surface area (Å²) in [6, 6.07) is 14.6. The van der Waals surface area contributed by atoms with Crippen LogP contribution < -0.4 is 9.64 Å². The van der Waals surface area contributed by atoms with E-state index in [1.165, 1.54) is 24.3 Å². The molecule has 0 aliphatic carbocycles. The van der Waals surface area contributed by atoms with Crippen molar-refractivity contribution < 1.29 is 27.3 Å². The van der Waals surface area contributed by atoms with Gasteiger partial charge < -0.3 is 9.64 Å². The number of para-hydroxylation sites is 1. The third kappa shape index (κ3) is 6.01. The summed E-state index contributed by atoms with van der Waals surface area (Å²) in [6.07, 6.45) is -1.84. The van der Waals surface area contributed by atoms with E-state index in [4.69, 9.17) is 0 Å². The maximum Gasteiger partial charge on any atom is 0.573 e. The zero-order valence-corrected chi connectivity index (χ0v) is 17.1. The number of nitrogens with zero attached hydrogens (tertiary/aromatic N) is 2. The van der Waals surface area contributed by atoms with Crippen molar-refractivity contribution >= 4 is 23.0 Å². The van der Waals surface area contributed by atoms with Crippen LogP contribution in [-0.2, 0) is 16.2 Å². The summed E-state index contributed by atoms with van der Waals surface area (Å²) in [5.41, 5.74) is 1.82. The van der Waals surface area contributed by atoms with E-state index in [1.807, 2.05) is 34.6 Å². The Labute approximate surface area is 176 Å². The number of likely N-dealkylation sites (N-methyl/N-ethyl adjacent to an activating group) is 1. The second-order valence-electron chi connectivity index (χ2n) is 6.75. The Hall–Kier alpha value is -2.49. The van der Waals surface area contributed by atoms with Crippen LogP contribution in [0.1, 0.15) is 12.8 Å². The van der Waals surface area contributed by atoms with Crippen molar-refractivity contribution in [3.63, 3.8) is 0 Å². The van der Waals surface area contributed by atoms with Gasteiger partial charge in [-0.1, -0.05) is 28.1 Å². The van der Waals surface area contributed by atoms with Crippen molar-refractivity contribution in [1.29, 1.82) is 0 Å². The summed E-state index contributed by atoms with van der Waals surface area (Å²) < 4.78 is 53.0. The first-order valence-corrected chi connectivity index (χ1v) is 10.4. The van der Waals surface area contributed by atoms with Gasteiger partial charge in [0.2, 0.25) is 4.90 Å². The van der Waals surface area contributed by atoms with Gasteiger partial charge in [-0.15, -0.1) is 13.2 Å². The summed E-state index contributed by atoms with van der Waals surface area (Å²) in [5.74, 6) is -0.430. The highest BCUT2D eigenvalue weighted by atomic mass is 32.2. The summed E-state index contributed by atoms with van der Waals surface area (Å²) in [6.45, 7) is 1.10. The number of hydrogen-bond acceptors (Lipinski definition) is 4. The van der Waals surface area contributed by atoms with Gasteiger partial charge in [-0.05, 0) is 37.1 Å². The highest BCUT2D eigenvalue weighted by molar-refractivity contribution is 7.89. The van der Waals surface area contributed by atoms with E-state index >= 15 is 0 Å². The minimum absolute atomic E-state index is 0.104. The van der Waals surface area contributed by atoms with Gasteiger partial charge in [-0.25, -0.2) is 0 Å². The number of rotatable bonds is 5. The van der Waals surface area contributed by atoms with Crippen LogP contribution in [0.4, 0.5) is 18.9 Å². The molecule has 0 radical (unpaired) electrons. The van der Waals surface area contributed by atoms with Gasteiger partial charge in [0, 0.05) is 30.9 Å². The van der Waals surface area contributed by atoms with Gasteiger partial charge in [-0.2, -0.15) is 4.55 Å². The molecule has 160 valence electrons. The third-order valence-corrected chi connectivity index (χ3v) is 6.23. The minimum atomic E-state index is -4.75. The number of piperidine rings is 1. The van der Waals surface area contributed by atoms with Crippen LogP contribution in [0.2, 0.25) is 0 Å². The standard InChI is InChI=1S/C21H22F3N2O3S/c1-25(17-5-3-2-4-6-17)20(27)15-16-11-13-26(14-12-16)30(28)19-9-7-18(8-10-19)29-21(22,23)24/h2-10,15,28H,11-14H2,1H3/q+1. The number of benzene rings is 2.